The molecule has 2 aromatic rings. The van der Waals surface area contributed by atoms with Gasteiger partial charge in [-0.05, 0) is 29.3 Å². The molecule has 0 aliphatic carbocycles. The van der Waals surface area contributed by atoms with Crippen molar-refractivity contribution in [2.24, 2.45) is 5.92 Å². The first kappa shape index (κ1) is 17.5. The minimum absolute atomic E-state index is 0.307. The van der Waals surface area contributed by atoms with Gasteiger partial charge in [0.05, 0.1) is 7.11 Å². The molecule has 5 nitrogen and oxygen atoms in total. The van der Waals surface area contributed by atoms with Gasteiger partial charge < -0.3 is 14.8 Å². The number of carbonyl (C=O) groups excluding carboxylic acids is 2. The van der Waals surface area contributed by atoms with Crippen molar-refractivity contribution in [3.8, 4) is 5.75 Å². The van der Waals surface area contributed by atoms with E-state index in [9.17, 15) is 9.59 Å². The molecular weight excluding hydrogens is 330 g/mol. The second-order valence-electron chi connectivity index (χ2n) is 5.88. The normalized spacial score (nSPS) is 17.9. The van der Waals surface area contributed by atoms with Gasteiger partial charge in [0.2, 0.25) is 0 Å². The van der Waals surface area contributed by atoms with E-state index in [1.807, 2.05) is 54.6 Å². The molecule has 0 aromatic heterocycles. The lowest BCUT2D eigenvalue weighted by Gasteiger charge is -2.09. The number of nitrogens with one attached hydrogen (secondary N) is 1. The van der Waals surface area contributed by atoms with Crippen LogP contribution in [0.15, 0.2) is 72.4 Å². The zero-order valence-corrected chi connectivity index (χ0v) is 14.4. The monoisotopic (exact) mass is 349 g/mol. The average Bonchev–Trinajstić information content (AvgIpc) is 2.94. The van der Waals surface area contributed by atoms with Crippen molar-refractivity contribution in [3.05, 3.63) is 83.6 Å². The molecule has 0 unspecified atom stereocenters. The van der Waals surface area contributed by atoms with E-state index in [4.69, 9.17) is 9.47 Å². The summed E-state index contributed by atoms with van der Waals surface area (Å²) >= 11 is 0. The highest BCUT2D eigenvalue weighted by Gasteiger charge is 2.37. The molecule has 1 aliphatic rings. The van der Waals surface area contributed by atoms with Crippen LogP contribution in [-0.2, 0) is 20.9 Å². The quantitative estimate of drug-likeness (QED) is 0.665. The van der Waals surface area contributed by atoms with Gasteiger partial charge in [0.1, 0.15) is 18.3 Å². The first-order valence-electron chi connectivity index (χ1n) is 8.15. The van der Waals surface area contributed by atoms with Crippen LogP contribution in [0.2, 0.25) is 0 Å². The standard InChI is InChI=1S/C21H19NO4/c1-14-19(21(24)25-2)18(20(23)22-14)12-16-9-6-10-17(11-16)26-13-15-7-4-3-5-8-15/h3-12,19H,1,13H2,2H3,(H,22,23)/b18-12-/t19-/m0/s1. The molecule has 1 fully saturated rings. The van der Waals surface area contributed by atoms with Gasteiger partial charge in [0, 0.05) is 11.3 Å². The Labute approximate surface area is 151 Å². The van der Waals surface area contributed by atoms with Crippen molar-refractivity contribution in [1.29, 1.82) is 0 Å². The van der Waals surface area contributed by atoms with Gasteiger partial charge in [-0.3, -0.25) is 9.59 Å². The molecule has 1 N–H and O–H groups in total. The first-order chi connectivity index (χ1) is 12.6. The zero-order valence-electron chi connectivity index (χ0n) is 14.4. The largest absolute Gasteiger partial charge is 0.489 e. The van der Waals surface area contributed by atoms with Gasteiger partial charge >= 0.3 is 5.97 Å². The predicted molar refractivity (Wildman–Crippen MR) is 98.0 cm³/mol. The Morgan fingerprint density at radius 2 is 1.96 bits per heavy atom. The number of carbonyl (C=O) groups is 2. The average molecular weight is 349 g/mol. The van der Waals surface area contributed by atoms with Crippen LogP contribution >= 0.6 is 0 Å². The van der Waals surface area contributed by atoms with E-state index in [0.717, 1.165) is 11.1 Å². The van der Waals surface area contributed by atoms with Crippen LogP contribution in [0.25, 0.3) is 6.08 Å². The molecule has 2 aromatic carbocycles. The SMILES string of the molecule is C=C1NC(=O)/C(=C\c2cccc(OCc3ccccc3)c2)[C@H]1C(=O)OC. The summed E-state index contributed by atoms with van der Waals surface area (Å²) in [5.41, 5.74) is 2.45. The molecule has 1 amide bonds. The summed E-state index contributed by atoms with van der Waals surface area (Å²) in [7, 11) is 1.29. The smallest absolute Gasteiger partial charge is 0.319 e. The number of methoxy groups -OCH3 is 1. The van der Waals surface area contributed by atoms with Crippen molar-refractivity contribution in [2.75, 3.05) is 7.11 Å². The number of rotatable bonds is 5. The summed E-state index contributed by atoms with van der Waals surface area (Å²) in [5, 5.41) is 2.58. The molecular formula is C21H19NO4. The second kappa shape index (κ2) is 7.70. The van der Waals surface area contributed by atoms with Crippen LogP contribution in [0.3, 0.4) is 0 Å². The Hall–Kier alpha value is -3.34. The second-order valence-corrected chi connectivity index (χ2v) is 5.88. The minimum Gasteiger partial charge on any atom is -0.489 e. The Morgan fingerprint density at radius 3 is 2.69 bits per heavy atom. The van der Waals surface area contributed by atoms with E-state index >= 15 is 0 Å². The van der Waals surface area contributed by atoms with Crippen molar-refractivity contribution in [2.45, 2.75) is 6.61 Å². The molecule has 132 valence electrons. The fourth-order valence-electron chi connectivity index (χ4n) is 2.76. The van der Waals surface area contributed by atoms with Crippen molar-refractivity contribution < 1.29 is 19.1 Å². The molecule has 1 aliphatic heterocycles. The summed E-state index contributed by atoms with van der Waals surface area (Å²) in [6, 6.07) is 17.2. The maximum absolute atomic E-state index is 12.1. The van der Waals surface area contributed by atoms with Crippen LogP contribution in [-0.4, -0.2) is 19.0 Å². The third kappa shape index (κ3) is 3.83. The number of esters is 1. The highest BCUT2D eigenvalue weighted by atomic mass is 16.5. The summed E-state index contributed by atoms with van der Waals surface area (Å²) in [5.74, 6) is -0.992. The minimum atomic E-state index is -0.804. The summed E-state index contributed by atoms with van der Waals surface area (Å²) in [4.78, 5) is 24.1. The maximum atomic E-state index is 12.1. The van der Waals surface area contributed by atoms with Crippen LogP contribution in [0.1, 0.15) is 11.1 Å². The number of hydrogen-bond donors (Lipinski definition) is 1. The zero-order chi connectivity index (χ0) is 18.5. The Morgan fingerprint density at radius 1 is 1.19 bits per heavy atom. The van der Waals surface area contributed by atoms with Crippen LogP contribution in [0.5, 0.6) is 5.75 Å². The fourth-order valence-corrected chi connectivity index (χ4v) is 2.76. The Kier molecular flexibility index (Phi) is 5.17. The summed E-state index contributed by atoms with van der Waals surface area (Å²) < 4.78 is 10.6. The highest BCUT2D eigenvalue weighted by Crippen LogP contribution is 2.29. The van der Waals surface area contributed by atoms with Crippen molar-refractivity contribution in [3.63, 3.8) is 0 Å². The molecule has 1 heterocycles. The van der Waals surface area contributed by atoms with Crippen molar-refractivity contribution in [1.82, 2.24) is 5.32 Å². The van der Waals surface area contributed by atoms with E-state index < -0.39 is 11.9 Å². The predicted octanol–water partition coefficient (Wildman–Crippen LogP) is 3.08. The van der Waals surface area contributed by atoms with Crippen LogP contribution in [0.4, 0.5) is 0 Å². The molecule has 3 rings (SSSR count). The van der Waals surface area contributed by atoms with E-state index in [1.165, 1.54) is 7.11 Å². The number of benzene rings is 2. The van der Waals surface area contributed by atoms with Gasteiger partial charge in [-0.15, -0.1) is 0 Å². The molecule has 0 radical (unpaired) electrons. The third-order valence-electron chi connectivity index (χ3n) is 4.06. The topological polar surface area (TPSA) is 64.6 Å². The van der Waals surface area contributed by atoms with Gasteiger partial charge in [0.25, 0.3) is 5.91 Å². The van der Waals surface area contributed by atoms with E-state index in [2.05, 4.69) is 11.9 Å². The highest BCUT2D eigenvalue weighted by molar-refractivity contribution is 6.08. The van der Waals surface area contributed by atoms with E-state index in [1.54, 1.807) is 6.08 Å². The van der Waals surface area contributed by atoms with Gasteiger partial charge in [-0.1, -0.05) is 49.0 Å². The third-order valence-corrected chi connectivity index (χ3v) is 4.06. The lowest BCUT2D eigenvalue weighted by molar-refractivity contribution is -0.142. The molecule has 1 atom stereocenters. The van der Waals surface area contributed by atoms with E-state index in [-0.39, 0.29) is 5.91 Å². The summed E-state index contributed by atoms with van der Waals surface area (Å²) in [6.45, 7) is 4.18. The number of amides is 1. The molecule has 1 saturated heterocycles. The number of hydrogen-bond acceptors (Lipinski definition) is 4. The molecule has 0 spiro atoms. The fraction of sp³-hybridized carbons (Fsp3) is 0.143. The van der Waals surface area contributed by atoms with Crippen LogP contribution < -0.4 is 10.1 Å². The first-order valence-corrected chi connectivity index (χ1v) is 8.15. The lowest BCUT2D eigenvalue weighted by atomic mass is 9.98. The van der Waals surface area contributed by atoms with E-state index in [0.29, 0.717) is 23.6 Å². The molecule has 5 heteroatoms. The lowest BCUT2D eigenvalue weighted by Crippen LogP contribution is -2.17. The summed E-state index contributed by atoms with van der Waals surface area (Å²) in [6.07, 6.45) is 1.66. The molecule has 0 bridgehead atoms. The van der Waals surface area contributed by atoms with Gasteiger partial charge in [0.15, 0.2) is 0 Å². The van der Waals surface area contributed by atoms with Gasteiger partial charge in [-0.25, -0.2) is 0 Å². The molecule has 0 saturated carbocycles. The van der Waals surface area contributed by atoms with Crippen molar-refractivity contribution >= 4 is 18.0 Å². The maximum Gasteiger partial charge on any atom is 0.319 e. The van der Waals surface area contributed by atoms with Gasteiger partial charge in [-0.2, -0.15) is 0 Å². The Bertz CT molecular complexity index is 871. The number of ether oxygens (including phenoxy) is 2. The van der Waals surface area contributed by atoms with Crippen LogP contribution in [0, 0.1) is 5.92 Å². The molecule has 26 heavy (non-hydrogen) atoms. The Balaban J connectivity index is 1.80.